The summed E-state index contributed by atoms with van der Waals surface area (Å²) in [4.78, 5) is 9.84. The molecule has 2 rings (SSSR count). The highest BCUT2D eigenvalue weighted by atomic mass is 19.1. The van der Waals surface area contributed by atoms with Crippen molar-refractivity contribution in [3.63, 3.8) is 0 Å². The Bertz CT molecular complexity index is 599. The Labute approximate surface area is 108 Å². The second-order valence-electron chi connectivity index (χ2n) is 3.96. The molecule has 1 aromatic carbocycles. The highest BCUT2D eigenvalue weighted by Crippen LogP contribution is 2.20. The molecule has 1 N–H and O–H groups in total. The Morgan fingerprint density at radius 3 is 2.89 bits per heavy atom. The molecule has 2 aromatic rings. The normalized spacial score (nSPS) is 10.4. The SMILES string of the molecule is Cn1cnnc1CCNc1ccc([N+](=O)[O-])cc1F. The minimum absolute atomic E-state index is 0.229. The molecule has 1 heterocycles. The molecular weight excluding hydrogens is 253 g/mol. The Morgan fingerprint density at radius 2 is 2.32 bits per heavy atom. The van der Waals surface area contributed by atoms with Crippen LogP contribution in [0.3, 0.4) is 0 Å². The smallest absolute Gasteiger partial charge is 0.272 e. The van der Waals surface area contributed by atoms with Crippen LogP contribution in [0.5, 0.6) is 0 Å². The number of non-ortho nitro benzene ring substituents is 1. The lowest BCUT2D eigenvalue weighted by molar-refractivity contribution is -0.385. The molecule has 0 spiro atoms. The number of nitro groups is 1. The van der Waals surface area contributed by atoms with Crippen LogP contribution < -0.4 is 5.32 Å². The third kappa shape index (κ3) is 3.03. The predicted molar refractivity (Wildman–Crippen MR) is 66.3 cm³/mol. The standard InChI is InChI=1S/C11H12FN5O2/c1-16-7-14-15-11(16)4-5-13-10-3-2-8(17(18)19)6-9(10)12/h2-3,6-7,13H,4-5H2,1H3. The van der Waals surface area contributed by atoms with Crippen molar-refractivity contribution in [1.82, 2.24) is 14.8 Å². The first kappa shape index (κ1) is 12.9. The molecule has 0 aliphatic heterocycles. The molecule has 0 fully saturated rings. The third-order valence-electron chi connectivity index (χ3n) is 2.63. The van der Waals surface area contributed by atoms with Gasteiger partial charge in [0, 0.05) is 26.1 Å². The number of halogens is 1. The van der Waals surface area contributed by atoms with Gasteiger partial charge in [0.25, 0.3) is 5.69 Å². The van der Waals surface area contributed by atoms with Gasteiger partial charge >= 0.3 is 0 Å². The molecule has 0 saturated heterocycles. The number of aryl methyl sites for hydroxylation is 1. The van der Waals surface area contributed by atoms with E-state index in [1.54, 1.807) is 10.9 Å². The predicted octanol–water partition coefficient (Wildman–Crippen LogP) is 1.52. The number of aromatic nitrogens is 3. The van der Waals surface area contributed by atoms with Gasteiger partial charge in [0.2, 0.25) is 0 Å². The topological polar surface area (TPSA) is 85.9 Å². The van der Waals surface area contributed by atoms with Gasteiger partial charge in [0.15, 0.2) is 5.82 Å². The zero-order chi connectivity index (χ0) is 13.8. The Morgan fingerprint density at radius 1 is 1.53 bits per heavy atom. The first-order valence-electron chi connectivity index (χ1n) is 5.58. The number of anilines is 1. The lowest BCUT2D eigenvalue weighted by atomic mass is 10.2. The minimum atomic E-state index is -0.646. The molecule has 0 unspecified atom stereocenters. The van der Waals surface area contributed by atoms with Crippen molar-refractivity contribution in [3.05, 3.63) is 46.3 Å². The van der Waals surface area contributed by atoms with Crippen molar-refractivity contribution in [3.8, 4) is 0 Å². The summed E-state index contributed by atoms with van der Waals surface area (Å²) in [5, 5.41) is 21.0. The van der Waals surface area contributed by atoms with Crippen LogP contribution in [0.15, 0.2) is 24.5 Å². The fourth-order valence-electron chi connectivity index (χ4n) is 1.60. The zero-order valence-corrected chi connectivity index (χ0v) is 10.2. The summed E-state index contributed by atoms with van der Waals surface area (Å²) in [6.45, 7) is 0.460. The van der Waals surface area contributed by atoms with Gasteiger partial charge in [-0.05, 0) is 6.07 Å². The maximum absolute atomic E-state index is 13.6. The summed E-state index contributed by atoms with van der Waals surface area (Å²) in [5.74, 6) is 0.127. The summed E-state index contributed by atoms with van der Waals surface area (Å²) < 4.78 is 15.3. The number of rotatable bonds is 5. The summed E-state index contributed by atoms with van der Waals surface area (Å²) in [6.07, 6.45) is 2.16. The van der Waals surface area contributed by atoms with Crippen molar-refractivity contribution in [2.75, 3.05) is 11.9 Å². The Hall–Kier alpha value is -2.51. The number of nitro benzene ring substituents is 1. The van der Waals surface area contributed by atoms with Gasteiger partial charge in [-0.1, -0.05) is 0 Å². The van der Waals surface area contributed by atoms with Gasteiger partial charge < -0.3 is 9.88 Å². The van der Waals surface area contributed by atoms with Gasteiger partial charge in [-0.15, -0.1) is 10.2 Å². The number of hydrogen-bond acceptors (Lipinski definition) is 5. The molecule has 7 nitrogen and oxygen atoms in total. The van der Waals surface area contributed by atoms with E-state index in [1.165, 1.54) is 12.1 Å². The van der Waals surface area contributed by atoms with Gasteiger partial charge in [0.05, 0.1) is 16.7 Å². The average Bonchev–Trinajstić information content (AvgIpc) is 2.77. The van der Waals surface area contributed by atoms with Gasteiger partial charge in [-0.2, -0.15) is 0 Å². The van der Waals surface area contributed by atoms with Crippen molar-refractivity contribution in [1.29, 1.82) is 0 Å². The van der Waals surface area contributed by atoms with Crippen LogP contribution in [0.1, 0.15) is 5.82 Å². The number of benzene rings is 1. The lowest BCUT2D eigenvalue weighted by Crippen LogP contribution is -2.09. The first-order valence-corrected chi connectivity index (χ1v) is 5.58. The first-order chi connectivity index (χ1) is 9.08. The van der Waals surface area contributed by atoms with Gasteiger partial charge in [-0.3, -0.25) is 10.1 Å². The largest absolute Gasteiger partial charge is 0.382 e. The van der Waals surface area contributed by atoms with Crippen LogP contribution >= 0.6 is 0 Å². The highest BCUT2D eigenvalue weighted by molar-refractivity contribution is 5.50. The molecule has 0 radical (unpaired) electrons. The fourth-order valence-corrected chi connectivity index (χ4v) is 1.60. The van der Waals surface area contributed by atoms with E-state index in [4.69, 9.17) is 0 Å². The van der Waals surface area contributed by atoms with Crippen LogP contribution in [-0.4, -0.2) is 26.2 Å². The van der Waals surface area contributed by atoms with E-state index in [-0.39, 0.29) is 11.4 Å². The zero-order valence-electron chi connectivity index (χ0n) is 10.2. The molecule has 0 aliphatic rings. The van der Waals surface area contributed by atoms with Crippen molar-refractivity contribution in [2.45, 2.75) is 6.42 Å². The molecule has 1 aromatic heterocycles. The van der Waals surface area contributed by atoms with Crippen molar-refractivity contribution in [2.24, 2.45) is 7.05 Å². The van der Waals surface area contributed by atoms with Crippen LogP contribution in [-0.2, 0) is 13.5 Å². The molecule has 0 atom stereocenters. The van der Waals surface area contributed by atoms with Crippen molar-refractivity contribution >= 4 is 11.4 Å². The third-order valence-corrected chi connectivity index (χ3v) is 2.63. The van der Waals surface area contributed by atoms with E-state index in [0.29, 0.717) is 13.0 Å². The van der Waals surface area contributed by atoms with E-state index in [1.807, 2.05) is 7.05 Å². The molecule has 0 amide bonds. The minimum Gasteiger partial charge on any atom is -0.382 e. The Balaban J connectivity index is 1.96. The molecule has 0 saturated carbocycles. The molecule has 100 valence electrons. The lowest BCUT2D eigenvalue weighted by Gasteiger charge is -2.06. The quantitative estimate of drug-likeness (QED) is 0.654. The average molecular weight is 265 g/mol. The maximum atomic E-state index is 13.6. The highest BCUT2D eigenvalue weighted by Gasteiger charge is 2.10. The second kappa shape index (κ2) is 5.42. The van der Waals surface area contributed by atoms with E-state index in [9.17, 15) is 14.5 Å². The van der Waals surface area contributed by atoms with E-state index in [2.05, 4.69) is 15.5 Å². The van der Waals surface area contributed by atoms with Crippen LogP contribution in [0.2, 0.25) is 0 Å². The summed E-state index contributed by atoms with van der Waals surface area (Å²) in [6, 6.07) is 3.50. The van der Waals surface area contributed by atoms with E-state index in [0.717, 1.165) is 11.9 Å². The maximum Gasteiger partial charge on any atom is 0.272 e. The monoisotopic (exact) mass is 265 g/mol. The fraction of sp³-hybridized carbons (Fsp3) is 0.273. The summed E-state index contributed by atoms with van der Waals surface area (Å²) in [7, 11) is 1.82. The summed E-state index contributed by atoms with van der Waals surface area (Å²) in [5.41, 5.74) is -0.0379. The molecule has 0 bridgehead atoms. The van der Waals surface area contributed by atoms with Crippen molar-refractivity contribution < 1.29 is 9.31 Å². The summed E-state index contributed by atoms with van der Waals surface area (Å²) >= 11 is 0. The van der Waals surface area contributed by atoms with Gasteiger partial charge in [-0.25, -0.2) is 4.39 Å². The van der Waals surface area contributed by atoms with Crippen LogP contribution in [0.4, 0.5) is 15.8 Å². The molecule has 19 heavy (non-hydrogen) atoms. The molecule has 8 heteroatoms. The number of nitrogens with one attached hydrogen (secondary N) is 1. The van der Waals surface area contributed by atoms with Crippen LogP contribution in [0, 0.1) is 15.9 Å². The van der Waals surface area contributed by atoms with E-state index >= 15 is 0 Å². The number of nitrogens with zero attached hydrogens (tertiary/aromatic N) is 4. The number of hydrogen-bond donors (Lipinski definition) is 1. The van der Waals surface area contributed by atoms with Gasteiger partial charge in [0.1, 0.15) is 12.2 Å². The van der Waals surface area contributed by atoms with Crippen LogP contribution in [0.25, 0.3) is 0 Å². The van der Waals surface area contributed by atoms with E-state index < -0.39 is 10.7 Å². The molecule has 0 aliphatic carbocycles. The second-order valence-corrected chi connectivity index (χ2v) is 3.96. The Kier molecular flexibility index (Phi) is 3.69. The molecular formula is C11H12FN5O2.